The Morgan fingerprint density at radius 3 is 2.57 bits per heavy atom. The first-order valence-corrected chi connectivity index (χ1v) is 11.3. The molecule has 1 amide bonds. The lowest BCUT2D eigenvalue weighted by atomic mass is 10.1. The van der Waals surface area contributed by atoms with Gasteiger partial charge in [0.1, 0.15) is 27.5 Å². The van der Waals surface area contributed by atoms with Gasteiger partial charge in [0, 0.05) is 11.6 Å². The van der Waals surface area contributed by atoms with Crippen LogP contribution in [-0.2, 0) is 21.2 Å². The Labute approximate surface area is 172 Å². The number of rotatable bonds is 6. The molecule has 1 N–H and O–H groups in total. The lowest BCUT2D eigenvalue weighted by Gasteiger charge is -2.18. The van der Waals surface area contributed by atoms with Crippen molar-refractivity contribution in [3.05, 3.63) is 76.8 Å². The average molecular weight is 425 g/mol. The summed E-state index contributed by atoms with van der Waals surface area (Å²) in [6, 6.07) is 15.2. The summed E-state index contributed by atoms with van der Waals surface area (Å²) >= 11 is 0. The first kappa shape index (κ1) is 19.8. The molecule has 0 unspecified atom stereocenters. The molecular formula is C21H19N3O5S. The van der Waals surface area contributed by atoms with Crippen LogP contribution >= 0.6 is 0 Å². The van der Waals surface area contributed by atoms with Gasteiger partial charge in [-0.1, -0.05) is 42.5 Å². The summed E-state index contributed by atoms with van der Waals surface area (Å²) in [5, 5.41) is 3.42. The number of para-hydroxylation sites is 1. The van der Waals surface area contributed by atoms with E-state index in [1.54, 1.807) is 48.5 Å². The molecule has 9 heteroatoms. The fourth-order valence-corrected chi connectivity index (χ4v) is 4.21. The van der Waals surface area contributed by atoms with E-state index in [0.717, 1.165) is 16.2 Å². The zero-order valence-electron chi connectivity index (χ0n) is 16.1. The van der Waals surface area contributed by atoms with E-state index in [4.69, 9.17) is 4.42 Å². The SMILES string of the molecule is CS(=O)(=O)C[C@@H](NC(=O)Cn1cnc2c(oc3ccccc32)c1=O)c1ccccc1. The van der Waals surface area contributed by atoms with E-state index in [1.165, 1.54) is 6.33 Å². The van der Waals surface area contributed by atoms with Crippen molar-refractivity contribution in [3.63, 3.8) is 0 Å². The predicted octanol–water partition coefficient (Wildman–Crippen LogP) is 2.04. The highest BCUT2D eigenvalue weighted by Gasteiger charge is 2.21. The van der Waals surface area contributed by atoms with Gasteiger partial charge in [0.2, 0.25) is 11.5 Å². The number of sulfone groups is 1. The third-order valence-corrected chi connectivity index (χ3v) is 5.61. The Kier molecular flexibility index (Phi) is 5.13. The lowest BCUT2D eigenvalue weighted by molar-refractivity contribution is -0.122. The molecule has 2 heterocycles. The van der Waals surface area contributed by atoms with Crippen molar-refractivity contribution in [1.82, 2.24) is 14.9 Å². The number of nitrogens with one attached hydrogen (secondary N) is 1. The van der Waals surface area contributed by atoms with Gasteiger partial charge in [0.15, 0.2) is 0 Å². The van der Waals surface area contributed by atoms with Gasteiger partial charge in [-0.3, -0.25) is 14.2 Å². The summed E-state index contributed by atoms with van der Waals surface area (Å²) in [5.41, 5.74) is 1.23. The molecule has 30 heavy (non-hydrogen) atoms. The molecule has 0 saturated heterocycles. The van der Waals surface area contributed by atoms with E-state index in [0.29, 0.717) is 16.7 Å². The molecule has 0 spiro atoms. The summed E-state index contributed by atoms with van der Waals surface area (Å²) in [5.74, 6) is -0.759. The zero-order chi connectivity index (χ0) is 21.3. The standard InChI is InChI=1S/C21H19N3O5S/c1-30(27,28)12-16(14-7-3-2-4-8-14)23-18(25)11-24-13-22-19-15-9-5-6-10-17(15)29-20(19)21(24)26/h2-10,13,16H,11-12H2,1H3,(H,23,25)/t16-/m1/s1. The number of furan rings is 1. The summed E-state index contributed by atoms with van der Waals surface area (Å²) in [6.07, 6.45) is 2.40. The molecule has 0 aliphatic carbocycles. The second-order valence-corrected chi connectivity index (χ2v) is 9.26. The maximum absolute atomic E-state index is 12.8. The van der Waals surface area contributed by atoms with Crippen LogP contribution in [0.4, 0.5) is 0 Å². The van der Waals surface area contributed by atoms with E-state index >= 15 is 0 Å². The van der Waals surface area contributed by atoms with Crippen molar-refractivity contribution >= 4 is 37.8 Å². The predicted molar refractivity (Wildman–Crippen MR) is 113 cm³/mol. The Morgan fingerprint density at radius 1 is 1.13 bits per heavy atom. The third-order valence-electron chi connectivity index (χ3n) is 4.67. The van der Waals surface area contributed by atoms with Crippen LogP contribution in [0.1, 0.15) is 11.6 Å². The molecule has 2 aromatic heterocycles. The number of hydrogen-bond acceptors (Lipinski definition) is 6. The van der Waals surface area contributed by atoms with Gasteiger partial charge >= 0.3 is 0 Å². The maximum Gasteiger partial charge on any atom is 0.297 e. The molecule has 8 nitrogen and oxygen atoms in total. The van der Waals surface area contributed by atoms with Gasteiger partial charge in [0.25, 0.3) is 5.56 Å². The van der Waals surface area contributed by atoms with Crippen molar-refractivity contribution in [3.8, 4) is 0 Å². The topological polar surface area (TPSA) is 111 Å². The molecule has 4 rings (SSSR count). The molecule has 154 valence electrons. The molecule has 2 aromatic carbocycles. The average Bonchev–Trinajstić information content (AvgIpc) is 3.09. The van der Waals surface area contributed by atoms with Crippen LogP contribution in [0.15, 0.2) is 70.1 Å². The molecular weight excluding hydrogens is 406 g/mol. The summed E-state index contributed by atoms with van der Waals surface area (Å²) < 4.78 is 30.4. The maximum atomic E-state index is 12.8. The van der Waals surface area contributed by atoms with Crippen LogP contribution in [0.3, 0.4) is 0 Å². The largest absolute Gasteiger partial charge is 0.448 e. The number of amides is 1. The summed E-state index contributed by atoms with van der Waals surface area (Å²) in [7, 11) is -3.35. The number of carbonyl (C=O) groups excluding carboxylic acids is 1. The van der Waals surface area contributed by atoms with Crippen LogP contribution in [0.25, 0.3) is 22.1 Å². The first-order chi connectivity index (χ1) is 14.3. The number of benzene rings is 2. The zero-order valence-corrected chi connectivity index (χ0v) is 16.9. The van der Waals surface area contributed by atoms with Crippen LogP contribution in [0.2, 0.25) is 0 Å². The van der Waals surface area contributed by atoms with E-state index in [9.17, 15) is 18.0 Å². The molecule has 4 aromatic rings. The van der Waals surface area contributed by atoms with Crippen molar-refractivity contribution in [1.29, 1.82) is 0 Å². The minimum absolute atomic E-state index is 0.0715. The normalized spacial score (nSPS) is 12.8. The van der Waals surface area contributed by atoms with Gasteiger partial charge in [-0.25, -0.2) is 13.4 Å². The van der Waals surface area contributed by atoms with Crippen molar-refractivity contribution < 1.29 is 17.6 Å². The van der Waals surface area contributed by atoms with Gasteiger partial charge in [-0.15, -0.1) is 0 Å². The number of aromatic nitrogens is 2. The number of nitrogens with zero attached hydrogens (tertiary/aromatic N) is 2. The van der Waals surface area contributed by atoms with Gasteiger partial charge < -0.3 is 9.73 Å². The molecule has 0 saturated carbocycles. The third kappa shape index (κ3) is 4.11. The Balaban J connectivity index is 1.61. The van der Waals surface area contributed by atoms with E-state index in [2.05, 4.69) is 10.3 Å². The van der Waals surface area contributed by atoms with Crippen molar-refractivity contribution in [2.75, 3.05) is 12.0 Å². The minimum atomic E-state index is -3.35. The monoisotopic (exact) mass is 425 g/mol. The summed E-state index contributed by atoms with van der Waals surface area (Å²) in [6.45, 7) is -0.314. The molecule has 0 radical (unpaired) electrons. The second-order valence-electron chi connectivity index (χ2n) is 7.08. The molecule has 0 fully saturated rings. The molecule has 1 atom stereocenters. The Bertz CT molecular complexity index is 1390. The number of hydrogen-bond donors (Lipinski definition) is 1. The van der Waals surface area contributed by atoms with Gasteiger partial charge in [-0.05, 0) is 17.7 Å². The Morgan fingerprint density at radius 2 is 1.83 bits per heavy atom. The van der Waals surface area contributed by atoms with Crippen molar-refractivity contribution in [2.24, 2.45) is 0 Å². The van der Waals surface area contributed by atoms with Crippen LogP contribution < -0.4 is 10.9 Å². The van der Waals surface area contributed by atoms with Crippen LogP contribution in [-0.4, -0.2) is 35.9 Å². The lowest BCUT2D eigenvalue weighted by Crippen LogP contribution is -2.37. The van der Waals surface area contributed by atoms with Crippen LogP contribution in [0.5, 0.6) is 0 Å². The molecule has 0 aliphatic heterocycles. The fraction of sp³-hybridized carbons (Fsp3) is 0.190. The summed E-state index contributed by atoms with van der Waals surface area (Å²) in [4.78, 5) is 29.7. The fourth-order valence-electron chi connectivity index (χ4n) is 3.33. The Hall–Kier alpha value is -3.46. The van der Waals surface area contributed by atoms with E-state index < -0.39 is 27.3 Å². The molecule has 0 bridgehead atoms. The van der Waals surface area contributed by atoms with Crippen molar-refractivity contribution in [2.45, 2.75) is 12.6 Å². The van der Waals surface area contributed by atoms with Gasteiger partial charge in [0.05, 0.1) is 18.1 Å². The van der Waals surface area contributed by atoms with E-state index in [1.807, 2.05) is 6.07 Å². The highest BCUT2D eigenvalue weighted by atomic mass is 32.2. The van der Waals surface area contributed by atoms with Crippen LogP contribution in [0, 0.1) is 0 Å². The minimum Gasteiger partial charge on any atom is -0.448 e. The number of fused-ring (bicyclic) bond motifs is 3. The highest BCUT2D eigenvalue weighted by molar-refractivity contribution is 7.90. The van der Waals surface area contributed by atoms with E-state index in [-0.39, 0.29) is 17.9 Å². The first-order valence-electron chi connectivity index (χ1n) is 9.20. The smallest absolute Gasteiger partial charge is 0.297 e. The highest BCUT2D eigenvalue weighted by Crippen LogP contribution is 2.24. The number of carbonyl (C=O) groups is 1. The van der Waals surface area contributed by atoms with Gasteiger partial charge in [-0.2, -0.15) is 0 Å². The quantitative estimate of drug-likeness (QED) is 0.506. The second kappa shape index (κ2) is 7.75. The molecule has 0 aliphatic rings.